The molecule has 0 aliphatic heterocycles. The second-order valence-electron chi connectivity index (χ2n) is 5.54. The van der Waals surface area contributed by atoms with Crippen LogP contribution in [0.4, 0.5) is 4.79 Å². The zero-order valence-electron chi connectivity index (χ0n) is 14.2. The maximum atomic E-state index is 10.5. The van der Waals surface area contributed by atoms with Crippen LogP contribution in [-0.4, -0.2) is 50.5 Å². The molecule has 2 N–H and O–H groups in total. The second kappa shape index (κ2) is 9.39. The molecule has 0 aliphatic carbocycles. The Morgan fingerprint density at radius 1 is 1.33 bits per heavy atom. The maximum absolute atomic E-state index is 10.5. The molecule has 1 amide bonds. The molecule has 2 aromatic heterocycles. The quantitative estimate of drug-likeness (QED) is 0.643. The molecule has 0 bridgehead atoms. The van der Waals surface area contributed by atoms with E-state index in [1.165, 1.54) is 23.3 Å². The van der Waals surface area contributed by atoms with Crippen LogP contribution < -0.4 is 5.32 Å². The van der Waals surface area contributed by atoms with Crippen LogP contribution in [0.25, 0.3) is 5.13 Å². The lowest BCUT2D eigenvalue weighted by Gasteiger charge is -2.17. The first-order valence-electron chi connectivity index (χ1n) is 8.30. The van der Waals surface area contributed by atoms with Crippen LogP contribution in [0.15, 0.2) is 18.6 Å². The third-order valence-corrected chi connectivity index (χ3v) is 4.86. The number of hydrogen-bond acceptors (Lipinski definition) is 5. The molecule has 7 nitrogen and oxygen atoms in total. The second-order valence-corrected chi connectivity index (χ2v) is 6.64. The highest BCUT2D eigenvalue weighted by Gasteiger charge is 2.07. The average molecular weight is 351 g/mol. The number of amides is 1. The zero-order valence-corrected chi connectivity index (χ0v) is 15.1. The number of carbonyl (C=O) groups is 1. The smallest absolute Gasteiger partial charge is 0.404 e. The lowest BCUT2D eigenvalue weighted by molar-refractivity contribution is 0.194. The molecule has 24 heavy (non-hydrogen) atoms. The highest BCUT2D eigenvalue weighted by molar-refractivity contribution is 7.14. The Kier molecular flexibility index (Phi) is 7.20. The van der Waals surface area contributed by atoms with Gasteiger partial charge in [0.2, 0.25) is 5.13 Å². The molecule has 0 saturated heterocycles. The van der Waals surface area contributed by atoms with Crippen molar-refractivity contribution >= 4 is 17.4 Å². The summed E-state index contributed by atoms with van der Waals surface area (Å²) in [5, 5.41) is 16.1. The van der Waals surface area contributed by atoms with E-state index in [2.05, 4.69) is 34.1 Å². The van der Waals surface area contributed by atoms with Crippen LogP contribution in [0, 0.1) is 0 Å². The van der Waals surface area contributed by atoms with Gasteiger partial charge in [0.15, 0.2) is 0 Å². The van der Waals surface area contributed by atoms with Gasteiger partial charge in [0.1, 0.15) is 0 Å². The normalized spacial score (nSPS) is 11.1. The number of carboxylic acid groups (broad SMARTS) is 1. The van der Waals surface area contributed by atoms with Crippen LogP contribution in [0.5, 0.6) is 0 Å². The van der Waals surface area contributed by atoms with Crippen LogP contribution in [0.3, 0.4) is 0 Å². The fourth-order valence-corrected chi connectivity index (χ4v) is 3.23. The van der Waals surface area contributed by atoms with Crippen molar-refractivity contribution in [3.8, 4) is 5.13 Å². The number of nitrogens with zero attached hydrogens (tertiary/aromatic N) is 4. The third-order valence-electron chi connectivity index (χ3n) is 3.87. The predicted molar refractivity (Wildman–Crippen MR) is 94.8 cm³/mol. The van der Waals surface area contributed by atoms with Crippen molar-refractivity contribution in [3.05, 3.63) is 29.0 Å². The number of nitrogens with one attached hydrogen (secondary N) is 1. The van der Waals surface area contributed by atoms with Crippen molar-refractivity contribution in [1.29, 1.82) is 0 Å². The topological polar surface area (TPSA) is 83.3 Å². The number of aromatic nitrogens is 3. The van der Waals surface area contributed by atoms with Gasteiger partial charge in [0.25, 0.3) is 0 Å². The highest BCUT2D eigenvalue weighted by Crippen LogP contribution is 2.17. The Labute approximate surface area is 146 Å². The monoisotopic (exact) mass is 351 g/mol. The van der Waals surface area contributed by atoms with Gasteiger partial charge in [0.05, 0.1) is 12.7 Å². The lowest BCUT2D eigenvalue weighted by atomic mass is 10.1. The van der Waals surface area contributed by atoms with Gasteiger partial charge >= 0.3 is 6.09 Å². The van der Waals surface area contributed by atoms with Crippen LogP contribution in [0.2, 0.25) is 0 Å². The van der Waals surface area contributed by atoms with Crippen LogP contribution in [0.1, 0.15) is 37.1 Å². The zero-order chi connectivity index (χ0) is 17.4. The van der Waals surface area contributed by atoms with Gasteiger partial charge < -0.3 is 15.3 Å². The SMILES string of the molecule is CCN(CC)CCCCc1cnn(-c2ncc(CNC(=O)O)s2)c1. The standard InChI is InChI=1S/C16H25N5O2S/c1-3-20(4-2)8-6-5-7-13-9-19-21(12-13)15-17-10-14(24-15)11-18-16(22)23/h9-10,12,18H,3-8,11H2,1-2H3,(H,22,23). The molecule has 0 aromatic carbocycles. The van der Waals surface area contributed by atoms with Crippen molar-refractivity contribution < 1.29 is 9.90 Å². The van der Waals surface area contributed by atoms with Gasteiger partial charge in [-0.3, -0.25) is 0 Å². The Hall–Kier alpha value is -1.93. The Balaban J connectivity index is 1.81. The predicted octanol–water partition coefficient (Wildman–Crippen LogP) is 2.76. The largest absolute Gasteiger partial charge is 0.465 e. The first-order chi connectivity index (χ1) is 11.6. The first kappa shape index (κ1) is 18.4. The number of hydrogen-bond donors (Lipinski definition) is 2. The van der Waals surface area contributed by atoms with E-state index in [0.717, 1.165) is 42.5 Å². The minimum atomic E-state index is -1.03. The fourth-order valence-electron chi connectivity index (χ4n) is 2.45. The Morgan fingerprint density at radius 3 is 2.83 bits per heavy atom. The molecule has 0 aliphatic rings. The summed E-state index contributed by atoms with van der Waals surface area (Å²) >= 11 is 1.44. The molecule has 0 unspecified atom stereocenters. The Bertz CT molecular complexity index is 636. The van der Waals surface area contributed by atoms with Crippen molar-refractivity contribution in [1.82, 2.24) is 25.0 Å². The molecule has 0 spiro atoms. The molecule has 0 radical (unpaired) electrons. The van der Waals surface area contributed by atoms with Gasteiger partial charge in [-0.15, -0.1) is 0 Å². The van der Waals surface area contributed by atoms with Crippen LogP contribution in [-0.2, 0) is 13.0 Å². The van der Waals surface area contributed by atoms with Crippen molar-refractivity contribution in [2.24, 2.45) is 0 Å². The van der Waals surface area contributed by atoms with E-state index in [1.807, 2.05) is 12.4 Å². The fraction of sp³-hybridized carbons (Fsp3) is 0.562. The minimum absolute atomic E-state index is 0.270. The molecule has 0 saturated carbocycles. The average Bonchev–Trinajstić information content (AvgIpc) is 3.22. The summed E-state index contributed by atoms with van der Waals surface area (Å²) in [6, 6.07) is 0. The summed E-state index contributed by atoms with van der Waals surface area (Å²) in [6.07, 6.45) is 7.89. The van der Waals surface area contributed by atoms with Crippen molar-refractivity contribution in [2.45, 2.75) is 39.7 Å². The molecule has 0 atom stereocenters. The number of unbranched alkanes of at least 4 members (excludes halogenated alkanes) is 1. The van der Waals surface area contributed by atoms with Gasteiger partial charge in [0, 0.05) is 17.3 Å². The van der Waals surface area contributed by atoms with E-state index in [9.17, 15) is 4.79 Å². The van der Waals surface area contributed by atoms with Crippen molar-refractivity contribution in [3.63, 3.8) is 0 Å². The molecule has 2 rings (SSSR count). The summed E-state index contributed by atoms with van der Waals surface area (Å²) in [5.74, 6) is 0. The van der Waals surface area contributed by atoms with Gasteiger partial charge in [-0.2, -0.15) is 5.10 Å². The molecule has 132 valence electrons. The van der Waals surface area contributed by atoms with Crippen molar-refractivity contribution in [2.75, 3.05) is 19.6 Å². The van der Waals surface area contributed by atoms with Crippen LogP contribution >= 0.6 is 11.3 Å². The highest BCUT2D eigenvalue weighted by atomic mass is 32.1. The Morgan fingerprint density at radius 2 is 2.12 bits per heavy atom. The molecule has 8 heteroatoms. The summed E-state index contributed by atoms with van der Waals surface area (Å²) in [7, 11) is 0. The van der Waals surface area contributed by atoms with E-state index in [-0.39, 0.29) is 6.54 Å². The molecule has 2 aromatic rings. The molecule has 2 heterocycles. The van der Waals surface area contributed by atoms with Gasteiger partial charge in [-0.25, -0.2) is 14.5 Å². The molecular weight excluding hydrogens is 326 g/mol. The summed E-state index contributed by atoms with van der Waals surface area (Å²) in [4.78, 5) is 18.1. The summed E-state index contributed by atoms with van der Waals surface area (Å²) in [5.41, 5.74) is 1.20. The minimum Gasteiger partial charge on any atom is -0.465 e. The molecular formula is C16H25N5O2S. The third kappa shape index (κ3) is 5.61. The van der Waals surface area contributed by atoms with Gasteiger partial charge in [-0.05, 0) is 44.5 Å². The number of rotatable bonds is 10. The van der Waals surface area contributed by atoms with E-state index in [0.29, 0.717) is 0 Å². The van der Waals surface area contributed by atoms with E-state index < -0.39 is 6.09 Å². The molecule has 0 fully saturated rings. The number of aryl methyl sites for hydroxylation is 1. The van der Waals surface area contributed by atoms with E-state index in [1.54, 1.807) is 10.9 Å². The number of thiazole rings is 1. The first-order valence-corrected chi connectivity index (χ1v) is 9.11. The van der Waals surface area contributed by atoms with E-state index >= 15 is 0 Å². The summed E-state index contributed by atoms with van der Waals surface area (Å²) in [6.45, 7) is 8.03. The summed E-state index contributed by atoms with van der Waals surface area (Å²) < 4.78 is 1.76. The maximum Gasteiger partial charge on any atom is 0.404 e. The lowest BCUT2D eigenvalue weighted by Crippen LogP contribution is -2.23. The van der Waals surface area contributed by atoms with E-state index in [4.69, 9.17) is 5.11 Å². The van der Waals surface area contributed by atoms with Gasteiger partial charge in [-0.1, -0.05) is 25.2 Å².